The number of hydroxylamine groups is 1. The third-order valence-corrected chi connectivity index (χ3v) is 3.89. The molecule has 0 spiro atoms. The normalized spacial score (nSPS) is 12.0. The van der Waals surface area contributed by atoms with Gasteiger partial charge in [-0.25, -0.2) is 5.48 Å². The van der Waals surface area contributed by atoms with Crippen LogP contribution in [0.3, 0.4) is 0 Å². The van der Waals surface area contributed by atoms with Crippen LogP contribution in [-0.4, -0.2) is 33.7 Å². The molecule has 8 heteroatoms. The molecule has 0 saturated carbocycles. The Morgan fingerprint density at radius 1 is 1.11 bits per heavy atom. The van der Waals surface area contributed by atoms with Gasteiger partial charge in [0.05, 0.1) is 0 Å². The average Bonchev–Trinajstić information content (AvgIpc) is 2.59. The van der Waals surface area contributed by atoms with E-state index in [-0.39, 0.29) is 11.4 Å². The minimum atomic E-state index is -0.629. The summed E-state index contributed by atoms with van der Waals surface area (Å²) >= 11 is 5.21. The van der Waals surface area contributed by atoms with E-state index in [1.54, 1.807) is 5.48 Å². The Bertz CT molecular complexity index is 617. The highest BCUT2D eigenvalue weighted by Gasteiger charge is 2.20. The van der Waals surface area contributed by atoms with E-state index in [9.17, 15) is 9.59 Å². The Balaban J connectivity index is 2.31. The van der Waals surface area contributed by atoms with Crippen molar-refractivity contribution in [3.05, 3.63) is 30.3 Å². The van der Waals surface area contributed by atoms with Gasteiger partial charge in [-0.05, 0) is 58.0 Å². The molecule has 150 valence electrons. The summed E-state index contributed by atoms with van der Waals surface area (Å²) in [6, 6.07) is 8.69. The second-order valence-electron chi connectivity index (χ2n) is 7.39. The van der Waals surface area contributed by atoms with Crippen molar-refractivity contribution in [1.29, 1.82) is 0 Å². The summed E-state index contributed by atoms with van der Waals surface area (Å²) in [7, 11) is 0. The molecule has 1 atom stereocenters. The quantitative estimate of drug-likeness (QED) is 0.191. The Hall–Kier alpha value is -2.19. The van der Waals surface area contributed by atoms with Gasteiger partial charge in [0, 0.05) is 17.6 Å². The third-order valence-electron chi connectivity index (χ3n) is 3.67. The molecule has 0 fully saturated rings. The first kappa shape index (κ1) is 22.9. The molecule has 0 saturated heterocycles. The number of anilines is 1. The molecular weight excluding hydrogens is 364 g/mol. The number of thiocarbonyl (C=S) groups is 1. The van der Waals surface area contributed by atoms with Crippen molar-refractivity contribution < 1.29 is 14.8 Å². The number of benzene rings is 1. The molecule has 0 bridgehead atoms. The zero-order valence-corrected chi connectivity index (χ0v) is 17.0. The molecule has 1 aromatic rings. The lowest BCUT2D eigenvalue weighted by molar-refractivity contribution is -0.131. The largest absolute Gasteiger partial charge is 0.358 e. The number of carbonyl (C=O) groups is 2. The van der Waals surface area contributed by atoms with Crippen molar-refractivity contribution in [3.63, 3.8) is 0 Å². The average molecular weight is 395 g/mol. The van der Waals surface area contributed by atoms with Gasteiger partial charge in [-0.15, -0.1) is 0 Å². The first-order chi connectivity index (χ1) is 12.7. The van der Waals surface area contributed by atoms with Crippen LogP contribution in [0.2, 0.25) is 0 Å². The van der Waals surface area contributed by atoms with E-state index in [1.807, 2.05) is 51.1 Å². The summed E-state index contributed by atoms with van der Waals surface area (Å²) in [5.74, 6) is -0.561. The fourth-order valence-electron chi connectivity index (χ4n) is 2.44. The van der Waals surface area contributed by atoms with Gasteiger partial charge in [-0.1, -0.05) is 31.0 Å². The predicted octanol–water partition coefficient (Wildman–Crippen LogP) is 2.71. The highest BCUT2D eigenvalue weighted by Crippen LogP contribution is 2.10. The maximum atomic E-state index is 11.9. The highest BCUT2D eigenvalue weighted by atomic mass is 32.1. The van der Waals surface area contributed by atoms with Crippen molar-refractivity contribution in [1.82, 2.24) is 16.1 Å². The van der Waals surface area contributed by atoms with Crippen molar-refractivity contribution >= 4 is 34.8 Å². The number of carbonyl (C=O) groups excluding carboxylic acids is 2. The van der Waals surface area contributed by atoms with Gasteiger partial charge in [0.25, 0.3) is 5.91 Å². The number of amides is 2. The molecule has 1 aromatic carbocycles. The van der Waals surface area contributed by atoms with Gasteiger partial charge in [0.2, 0.25) is 5.91 Å². The number of para-hydroxylation sites is 1. The molecule has 0 aliphatic rings. The lowest BCUT2D eigenvalue weighted by atomic mass is 10.1. The van der Waals surface area contributed by atoms with E-state index >= 15 is 0 Å². The number of hydrogen-bond donors (Lipinski definition) is 5. The van der Waals surface area contributed by atoms with E-state index in [1.165, 1.54) is 0 Å². The van der Waals surface area contributed by atoms with E-state index < -0.39 is 11.9 Å². The van der Waals surface area contributed by atoms with E-state index in [4.69, 9.17) is 17.4 Å². The van der Waals surface area contributed by atoms with Gasteiger partial charge in [-0.2, -0.15) is 0 Å². The summed E-state index contributed by atoms with van der Waals surface area (Å²) in [5.41, 5.74) is 2.22. The van der Waals surface area contributed by atoms with Crippen LogP contribution in [0, 0.1) is 0 Å². The number of rotatable bonds is 9. The smallest absolute Gasteiger partial charge is 0.265 e. The zero-order valence-electron chi connectivity index (χ0n) is 16.2. The molecule has 7 nitrogen and oxygen atoms in total. The Morgan fingerprint density at radius 3 is 2.37 bits per heavy atom. The lowest BCUT2D eigenvalue weighted by Gasteiger charge is -2.26. The molecule has 2 amide bonds. The molecule has 5 N–H and O–H groups in total. The minimum Gasteiger partial charge on any atom is -0.358 e. The highest BCUT2D eigenvalue weighted by molar-refractivity contribution is 7.80. The van der Waals surface area contributed by atoms with Crippen LogP contribution in [0.4, 0.5) is 5.69 Å². The van der Waals surface area contributed by atoms with Crippen LogP contribution in [0.5, 0.6) is 0 Å². The molecule has 0 aromatic heterocycles. The molecule has 0 radical (unpaired) electrons. The first-order valence-corrected chi connectivity index (χ1v) is 9.49. The van der Waals surface area contributed by atoms with Crippen molar-refractivity contribution in [3.8, 4) is 0 Å². The Morgan fingerprint density at radius 2 is 1.78 bits per heavy atom. The van der Waals surface area contributed by atoms with Gasteiger partial charge < -0.3 is 16.0 Å². The lowest BCUT2D eigenvalue weighted by Crippen LogP contribution is -2.53. The summed E-state index contributed by atoms with van der Waals surface area (Å²) in [6.45, 7) is 5.88. The topological polar surface area (TPSA) is 102 Å². The molecule has 0 aliphatic heterocycles. The summed E-state index contributed by atoms with van der Waals surface area (Å²) in [6.07, 6.45) is 3.15. The van der Waals surface area contributed by atoms with Crippen LogP contribution in [0.25, 0.3) is 0 Å². The van der Waals surface area contributed by atoms with Crippen LogP contribution in [0.1, 0.15) is 52.9 Å². The predicted molar refractivity (Wildman–Crippen MR) is 110 cm³/mol. The zero-order chi connectivity index (χ0) is 20.3. The minimum absolute atomic E-state index is 0.0282. The van der Waals surface area contributed by atoms with Gasteiger partial charge >= 0.3 is 0 Å². The molecule has 27 heavy (non-hydrogen) atoms. The fraction of sp³-hybridized carbons (Fsp3) is 0.526. The van der Waals surface area contributed by atoms with Gasteiger partial charge in [0.1, 0.15) is 6.04 Å². The van der Waals surface area contributed by atoms with Crippen molar-refractivity contribution in [2.45, 2.75) is 64.5 Å². The summed E-state index contributed by atoms with van der Waals surface area (Å²) < 4.78 is 0. The first-order valence-electron chi connectivity index (χ1n) is 9.09. The third kappa shape index (κ3) is 10.5. The maximum Gasteiger partial charge on any atom is 0.265 e. The second kappa shape index (κ2) is 11.5. The van der Waals surface area contributed by atoms with Crippen molar-refractivity contribution in [2.24, 2.45) is 0 Å². The molecule has 0 heterocycles. The summed E-state index contributed by atoms with van der Waals surface area (Å²) in [5, 5.41) is 18.1. The maximum absolute atomic E-state index is 11.9. The van der Waals surface area contributed by atoms with Gasteiger partial charge in [-0.3, -0.25) is 14.8 Å². The SMILES string of the molecule is CC(C)(C)NC(=S)N[C@@H](CCCCCC(=O)Nc1ccccc1)C(=O)NO. The monoisotopic (exact) mass is 394 g/mol. The molecule has 1 rings (SSSR count). The fourth-order valence-corrected chi connectivity index (χ4v) is 2.89. The standard InChI is InChI=1S/C19H30N4O3S/c1-19(2,3)22-18(27)21-15(17(25)23-26)12-8-5-9-13-16(24)20-14-10-6-4-7-11-14/h4,6-7,10-11,15,26H,5,8-9,12-13H2,1-3H3,(H,20,24)(H,23,25)(H2,21,22,27)/t15-/m0/s1. The molecule has 0 unspecified atom stereocenters. The Labute approximate surface area is 166 Å². The second-order valence-corrected chi connectivity index (χ2v) is 7.80. The van der Waals surface area contributed by atoms with E-state index in [0.717, 1.165) is 24.9 Å². The van der Waals surface area contributed by atoms with Crippen LogP contribution < -0.4 is 21.4 Å². The number of unbranched alkanes of at least 4 members (excludes halogenated alkanes) is 2. The molecule has 0 aliphatic carbocycles. The van der Waals surface area contributed by atoms with Gasteiger partial charge in [0.15, 0.2) is 5.11 Å². The van der Waals surface area contributed by atoms with Crippen LogP contribution in [0.15, 0.2) is 30.3 Å². The Kier molecular flexibility index (Phi) is 9.74. The molecular formula is C19H30N4O3S. The van der Waals surface area contributed by atoms with E-state index in [0.29, 0.717) is 18.0 Å². The van der Waals surface area contributed by atoms with Crippen molar-refractivity contribution in [2.75, 3.05) is 5.32 Å². The number of nitrogens with one attached hydrogen (secondary N) is 4. The van der Waals surface area contributed by atoms with Crippen LogP contribution >= 0.6 is 12.2 Å². The summed E-state index contributed by atoms with van der Waals surface area (Å²) in [4.78, 5) is 23.7. The van der Waals surface area contributed by atoms with E-state index in [2.05, 4.69) is 16.0 Å². The number of hydrogen-bond acceptors (Lipinski definition) is 4. The van der Waals surface area contributed by atoms with Crippen LogP contribution in [-0.2, 0) is 9.59 Å².